The van der Waals surface area contributed by atoms with Crippen LogP contribution in [0.4, 0.5) is 0 Å². The number of rotatable bonds is 2. The second-order valence-corrected chi connectivity index (χ2v) is 6.59. The summed E-state index contributed by atoms with van der Waals surface area (Å²) in [6.07, 6.45) is 3.57. The van der Waals surface area contributed by atoms with E-state index in [-0.39, 0.29) is 5.78 Å². The zero-order chi connectivity index (χ0) is 17.1. The van der Waals surface area contributed by atoms with Crippen LogP contribution in [0.2, 0.25) is 10.0 Å². The van der Waals surface area contributed by atoms with E-state index in [1.165, 1.54) is 0 Å². The van der Waals surface area contributed by atoms with Gasteiger partial charge in [0.25, 0.3) is 0 Å². The van der Waals surface area contributed by atoms with Crippen molar-refractivity contribution in [3.63, 3.8) is 0 Å². The average Bonchev–Trinajstić information content (AvgIpc) is 2.56. The number of Topliss-reactive ketones (excluding diaryl/α,β-unsaturated/α-hetero) is 1. The Bertz CT molecular complexity index is 770. The lowest BCUT2D eigenvalue weighted by molar-refractivity contribution is -0.113. The van der Waals surface area contributed by atoms with Crippen molar-refractivity contribution in [1.82, 2.24) is 0 Å². The summed E-state index contributed by atoms with van der Waals surface area (Å²) in [7, 11) is 0. The first-order valence-corrected chi connectivity index (χ1v) is 8.43. The first-order valence-electron chi connectivity index (χ1n) is 7.67. The van der Waals surface area contributed by atoms with E-state index in [4.69, 9.17) is 23.2 Å². The van der Waals surface area contributed by atoms with Crippen molar-refractivity contribution in [2.75, 3.05) is 0 Å². The number of ketones is 1. The molecule has 1 saturated carbocycles. The van der Waals surface area contributed by atoms with E-state index >= 15 is 0 Å². The zero-order valence-corrected chi connectivity index (χ0v) is 14.4. The predicted molar refractivity (Wildman–Crippen MR) is 99.1 cm³/mol. The summed E-state index contributed by atoms with van der Waals surface area (Å²) in [5, 5.41) is 11.3. The van der Waals surface area contributed by atoms with Gasteiger partial charge in [-0.2, -0.15) is 0 Å². The minimum atomic E-state index is -0.592. The molecule has 0 atom stereocenters. The highest BCUT2D eigenvalue weighted by Gasteiger charge is 2.26. The maximum Gasteiger partial charge on any atom is 0.185 e. The van der Waals surface area contributed by atoms with Gasteiger partial charge >= 0.3 is 0 Å². The van der Waals surface area contributed by atoms with E-state index in [1.54, 1.807) is 24.3 Å². The van der Waals surface area contributed by atoms with Gasteiger partial charge in [-0.05, 0) is 35.4 Å². The van der Waals surface area contributed by atoms with Gasteiger partial charge < -0.3 is 5.11 Å². The van der Waals surface area contributed by atoms with Crippen LogP contribution in [-0.2, 0) is 4.79 Å². The Labute approximate surface area is 151 Å². The third-order valence-electron chi connectivity index (χ3n) is 3.96. The maximum atomic E-state index is 12.8. The summed E-state index contributed by atoms with van der Waals surface area (Å²) < 4.78 is 0. The quantitative estimate of drug-likeness (QED) is 0.750. The largest absolute Gasteiger partial charge is 0.392 e. The molecule has 1 fully saturated rings. The number of carbonyl (C=O) groups excluding carboxylic acids is 1. The predicted octanol–water partition coefficient (Wildman–Crippen LogP) is 5.18. The molecule has 0 saturated heterocycles. The smallest absolute Gasteiger partial charge is 0.185 e. The highest BCUT2D eigenvalue weighted by Crippen LogP contribution is 2.30. The number of aliphatic hydroxyl groups excluding tert-OH is 1. The van der Waals surface area contributed by atoms with Crippen molar-refractivity contribution in [2.45, 2.75) is 18.9 Å². The van der Waals surface area contributed by atoms with Crippen molar-refractivity contribution in [3.8, 4) is 0 Å². The van der Waals surface area contributed by atoms with Crippen molar-refractivity contribution >= 4 is 41.1 Å². The average molecular weight is 359 g/mol. The summed E-state index contributed by atoms with van der Waals surface area (Å²) in [5.41, 5.74) is 2.66. The number of carbonyl (C=O) groups is 1. The molecular formula is C20H16Cl2O2. The fourth-order valence-electron chi connectivity index (χ4n) is 2.78. The standard InChI is InChI=1S/C20H16Cl2O2/c21-18-7-3-1-5-13(18)9-15-11-17(23)12-16(20(15)24)10-14-6-2-4-8-19(14)22/h1-10,17,23H,11-12H2/b15-9+,16-10+. The van der Waals surface area contributed by atoms with Crippen LogP contribution in [0, 0.1) is 0 Å². The molecule has 24 heavy (non-hydrogen) atoms. The van der Waals surface area contributed by atoms with Gasteiger partial charge in [0.2, 0.25) is 0 Å². The van der Waals surface area contributed by atoms with Crippen LogP contribution in [0.1, 0.15) is 24.0 Å². The van der Waals surface area contributed by atoms with Gasteiger partial charge in [-0.3, -0.25) is 4.79 Å². The monoisotopic (exact) mass is 358 g/mol. The molecule has 122 valence electrons. The van der Waals surface area contributed by atoms with E-state index in [2.05, 4.69) is 0 Å². The van der Waals surface area contributed by atoms with Gasteiger partial charge in [-0.25, -0.2) is 0 Å². The molecule has 0 bridgehead atoms. The highest BCUT2D eigenvalue weighted by molar-refractivity contribution is 6.33. The normalized spacial score (nSPS) is 21.5. The number of hydrogen-bond donors (Lipinski definition) is 1. The first-order chi connectivity index (χ1) is 11.5. The molecule has 0 heterocycles. The Balaban J connectivity index is 1.98. The van der Waals surface area contributed by atoms with Crippen LogP contribution in [-0.4, -0.2) is 17.0 Å². The second-order valence-electron chi connectivity index (χ2n) is 5.77. The van der Waals surface area contributed by atoms with Gasteiger partial charge in [-0.15, -0.1) is 0 Å². The molecule has 4 heteroatoms. The van der Waals surface area contributed by atoms with Crippen molar-refractivity contribution in [3.05, 3.63) is 80.8 Å². The van der Waals surface area contributed by atoms with E-state index in [1.807, 2.05) is 36.4 Å². The highest BCUT2D eigenvalue weighted by atomic mass is 35.5. The third kappa shape index (κ3) is 3.78. The fraction of sp³-hybridized carbons (Fsp3) is 0.150. The molecule has 0 aliphatic heterocycles. The molecule has 2 aromatic rings. The van der Waals surface area contributed by atoms with Crippen molar-refractivity contribution < 1.29 is 9.90 Å². The lowest BCUT2D eigenvalue weighted by atomic mass is 9.85. The maximum absolute atomic E-state index is 12.8. The molecule has 0 unspecified atom stereocenters. The number of halogens is 2. The van der Waals surface area contributed by atoms with Crippen LogP contribution < -0.4 is 0 Å². The van der Waals surface area contributed by atoms with Crippen molar-refractivity contribution in [2.24, 2.45) is 0 Å². The van der Waals surface area contributed by atoms with E-state index in [0.29, 0.717) is 34.0 Å². The molecule has 3 rings (SSSR count). The number of benzene rings is 2. The molecule has 1 N–H and O–H groups in total. The Kier molecular flexibility index (Phi) is 5.20. The summed E-state index contributed by atoms with van der Waals surface area (Å²) in [6.45, 7) is 0. The molecule has 1 aliphatic carbocycles. The van der Waals surface area contributed by atoms with Crippen LogP contribution in [0.15, 0.2) is 59.7 Å². The van der Waals surface area contributed by atoms with Gasteiger partial charge in [0.05, 0.1) is 6.10 Å². The number of hydrogen-bond acceptors (Lipinski definition) is 2. The molecule has 0 radical (unpaired) electrons. The van der Waals surface area contributed by atoms with Crippen LogP contribution >= 0.6 is 23.2 Å². The molecular weight excluding hydrogens is 343 g/mol. The van der Waals surface area contributed by atoms with Gasteiger partial charge in [0.1, 0.15) is 0 Å². The molecule has 2 nitrogen and oxygen atoms in total. The van der Waals surface area contributed by atoms with Crippen molar-refractivity contribution in [1.29, 1.82) is 0 Å². The van der Waals surface area contributed by atoms with Gasteiger partial charge in [0, 0.05) is 34.0 Å². The minimum Gasteiger partial charge on any atom is -0.392 e. The summed E-state index contributed by atoms with van der Waals surface area (Å²) in [5.74, 6) is -0.0693. The summed E-state index contributed by atoms with van der Waals surface area (Å²) in [4.78, 5) is 12.8. The zero-order valence-electron chi connectivity index (χ0n) is 12.9. The van der Waals surface area contributed by atoms with E-state index in [0.717, 1.165) is 11.1 Å². The van der Waals surface area contributed by atoms with Crippen LogP contribution in [0.5, 0.6) is 0 Å². The molecule has 1 aliphatic rings. The van der Waals surface area contributed by atoms with E-state index in [9.17, 15) is 9.90 Å². The number of aliphatic hydroxyl groups is 1. The Morgan fingerprint density at radius 3 is 1.67 bits per heavy atom. The molecule has 0 amide bonds. The topological polar surface area (TPSA) is 37.3 Å². The first kappa shape index (κ1) is 17.0. The fourth-order valence-corrected chi connectivity index (χ4v) is 3.16. The van der Waals surface area contributed by atoms with Crippen LogP contribution in [0.3, 0.4) is 0 Å². The Morgan fingerprint density at radius 2 is 1.25 bits per heavy atom. The lowest BCUT2D eigenvalue weighted by Crippen LogP contribution is -2.23. The summed E-state index contributed by atoms with van der Waals surface area (Å²) in [6, 6.07) is 14.7. The summed E-state index contributed by atoms with van der Waals surface area (Å²) >= 11 is 12.3. The lowest BCUT2D eigenvalue weighted by Gasteiger charge is -2.22. The molecule has 0 aromatic heterocycles. The van der Waals surface area contributed by atoms with Crippen LogP contribution in [0.25, 0.3) is 12.2 Å². The van der Waals surface area contributed by atoms with Gasteiger partial charge in [-0.1, -0.05) is 59.6 Å². The second kappa shape index (κ2) is 7.35. The minimum absolute atomic E-state index is 0.0693. The van der Waals surface area contributed by atoms with E-state index < -0.39 is 6.10 Å². The Morgan fingerprint density at radius 1 is 0.833 bits per heavy atom. The Hall–Kier alpha value is -1.87. The SMILES string of the molecule is O=C1/C(=C/c2ccccc2Cl)CC(O)C/C1=C\c1ccccc1Cl. The molecule has 2 aromatic carbocycles. The van der Waals surface area contributed by atoms with Gasteiger partial charge in [0.15, 0.2) is 5.78 Å². The molecule has 0 spiro atoms. The third-order valence-corrected chi connectivity index (χ3v) is 4.65.